The van der Waals surface area contributed by atoms with E-state index in [0.29, 0.717) is 19.3 Å². The Morgan fingerprint density at radius 2 is 1.64 bits per heavy atom. The number of Topliss-reactive ketones (excluding diaryl/α,β-unsaturated/α-hetero) is 1. The molecule has 0 aromatic heterocycles. The van der Waals surface area contributed by atoms with Gasteiger partial charge < -0.3 is 4.74 Å². The fraction of sp³-hybridized carbons (Fsp3) is 0.818. The maximum Gasteiger partial charge on any atom is 0.319 e. The van der Waals surface area contributed by atoms with Crippen molar-refractivity contribution in [2.75, 3.05) is 7.11 Å². The molecule has 0 fully saturated rings. The molecule has 82 valence electrons. The molecule has 0 unspecified atom stereocenters. The average molecular weight is 200 g/mol. The van der Waals surface area contributed by atoms with Gasteiger partial charge >= 0.3 is 5.97 Å². The van der Waals surface area contributed by atoms with E-state index < -0.39 is 5.41 Å². The van der Waals surface area contributed by atoms with Crippen LogP contribution in [0, 0.1) is 5.41 Å². The molecule has 0 saturated heterocycles. The number of esters is 1. The highest BCUT2D eigenvalue weighted by atomic mass is 16.5. The SMILES string of the molecule is CCCC(=O)C(CC)(CC)C(=O)OC. The lowest BCUT2D eigenvalue weighted by Crippen LogP contribution is -2.39. The predicted molar refractivity (Wildman–Crippen MR) is 54.9 cm³/mol. The zero-order valence-corrected chi connectivity index (χ0v) is 9.55. The summed E-state index contributed by atoms with van der Waals surface area (Å²) in [5.41, 5.74) is -0.898. The van der Waals surface area contributed by atoms with Gasteiger partial charge in [0, 0.05) is 6.42 Å². The lowest BCUT2D eigenvalue weighted by Gasteiger charge is -2.26. The van der Waals surface area contributed by atoms with Crippen LogP contribution < -0.4 is 0 Å². The van der Waals surface area contributed by atoms with E-state index in [1.807, 2.05) is 20.8 Å². The smallest absolute Gasteiger partial charge is 0.319 e. The molecule has 0 saturated carbocycles. The van der Waals surface area contributed by atoms with Crippen molar-refractivity contribution < 1.29 is 14.3 Å². The number of rotatable bonds is 6. The Kier molecular flexibility index (Phi) is 5.43. The highest BCUT2D eigenvalue weighted by Crippen LogP contribution is 2.30. The van der Waals surface area contributed by atoms with Crippen LogP contribution in [-0.4, -0.2) is 18.9 Å². The summed E-state index contributed by atoms with van der Waals surface area (Å²) < 4.78 is 4.71. The molecule has 0 spiro atoms. The van der Waals surface area contributed by atoms with Crippen molar-refractivity contribution >= 4 is 11.8 Å². The first-order valence-electron chi connectivity index (χ1n) is 5.20. The molecule has 0 aliphatic rings. The summed E-state index contributed by atoms with van der Waals surface area (Å²) in [5.74, 6) is -0.377. The Bertz CT molecular complexity index is 205. The number of carbonyl (C=O) groups excluding carboxylic acids is 2. The van der Waals surface area contributed by atoms with Crippen molar-refractivity contribution in [3.05, 3.63) is 0 Å². The van der Waals surface area contributed by atoms with Gasteiger partial charge in [-0.05, 0) is 19.3 Å². The number of carbonyl (C=O) groups is 2. The van der Waals surface area contributed by atoms with E-state index in [9.17, 15) is 9.59 Å². The minimum Gasteiger partial charge on any atom is -0.468 e. The van der Waals surface area contributed by atoms with Crippen LogP contribution in [0.25, 0.3) is 0 Å². The molecule has 0 aromatic carbocycles. The van der Waals surface area contributed by atoms with Crippen LogP contribution in [0.2, 0.25) is 0 Å². The molecule has 0 rings (SSSR count). The Labute approximate surface area is 85.8 Å². The second kappa shape index (κ2) is 5.78. The van der Waals surface area contributed by atoms with Crippen LogP contribution in [0.5, 0.6) is 0 Å². The number of ether oxygens (including phenoxy) is 1. The Balaban J connectivity index is 4.86. The summed E-state index contributed by atoms with van der Waals surface area (Å²) in [6.45, 7) is 5.65. The lowest BCUT2D eigenvalue weighted by molar-refractivity contribution is -0.158. The van der Waals surface area contributed by atoms with E-state index in [0.717, 1.165) is 6.42 Å². The second-order valence-corrected chi connectivity index (χ2v) is 3.45. The van der Waals surface area contributed by atoms with Gasteiger partial charge in [0.25, 0.3) is 0 Å². The second-order valence-electron chi connectivity index (χ2n) is 3.45. The molecule has 0 heterocycles. The molecule has 0 aliphatic heterocycles. The third-order valence-corrected chi connectivity index (χ3v) is 2.79. The van der Waals surface area contributed by atoms with Crippen molar-refractivity contribution in [3.63, 3.8) is 0 Å². The van der Waals surface area contributed by atoms with Gasteiger partial charge in [-0.2, -0.15) is 0 Å². The van der Waals surface area contributed by atoms with Crippen LogP contribution >= 0.6 is 0 Å². The van der Waals surface area contributed by atoms with Crippen LogP contribution in [0.3, 0.4) is 0 Å². The molecule has 0 aromatic rings. The summed E-state index contributed by atoms with van der Waals surface area (Å²) in [6.07, 6.45) is 2.28. The summed E-state index contributed by atoms with van der Waals surface area (Å²) in [4.78, 5) is 23.4. The number of methoxy groups -OCH3 is 1. The molecule has 0 N–H and O–H groups in total. The van der Waals surface area contributed by atoms with E-state index in [1.165, 1.54) is 7.11 Å². The Morgan fingerprint density at radius 1 is 1.14 bits per heavy atom. The van der Waals surface area contributed by atoms with E-state index >= 15 is 0 Å². The molecule has 14 heavy (non-hydrogen) atoms. The van der Waals surface area contributed by atoms with Crippen LogP contribution in [0.1, 0.15) is 46.5 Å². The summed E-state index contributed by atoms with van der Waals surface area (Å²) in [6, 6.07) is 0. The Morgan fingerprint density at radius 3 is 1.93 bits per heavy atom. The molecule has 0 bridgehead atoms. The molecule has 0 amide bonds. The minimum absolute atomic E-state index is 0.0110. The standard InChI is InChI=1S/C11H20O3/c1-5-8-9(12)11(6-2,7-3)10(13)14-4/h5-8H2,1-4H3. The molecule has 0 radical (unpaired) electrons. The molecule has 3 heteroatoms. The van der Waals surface area contributed by atoms with Crippen molar-refractivity contribution in [1.82, 2.24) is 0 Å². The van der Waals surface area contributed by atoms with Crippen LogP contribution in [-0.2, 0) is 14.3 Å². The topological polar surface area (TPSA) is 43.4 Å². The van der Waals surface area contributed by atoms with Gasteiger partial charge in [0.2, 0.25) is 0 Å². The first kappa shape index (κ1) is 13.1. The minimum atomic E-state index is -0.898. The maximum absolute atomic E-state index is 11.8. The third-order valence-electron chi connectivity index (χ3n) is 2.79. The van der Waals surface area contributed by atoms with Gasteiger partial charge in [-0.15, -0.1) is 0 Å². The largest absolute Gasteiger partial charge is 0.468 e. The van der Waals surface area contributed by atoms with Crippen LogP contribution in [0.15, 0.2) is 0 Å². The molecule has 0 aliphatic carbocycles. The molecular formula is C11H20O3. The number of hydrogen-bond acceptors (Lipinski definition) is 3. The van der Waals surface area contributed by atoms with Crippen molar-refractivity contribution in [2.45, 2.75) is 46.5 Å². The number of ketones is 1. The third kappa shape index (κ3) is 2.34. The van der Waals surface area contributed by atoms with E-state index in [-0.39, 0.29) is 11.8 Å². The molecule has 0 atom stereocenters. The average Bonchev–Trinajstić information content (AvgIpc) is 2.20. The first-order valence-corrected chi connectivity index (χ1v) is 5.20. The van der Waals surface area contributed by atoms with Crippen molar-refractivity contribution in [3.8, 4) is 0 Å². The lowest BCUT2D eigenvalue weighted by atomic mass is 9.77. The molecule has 3 nitrogen and oxygen atoms in total. The summed E-state index contributed by atoms with van der Waals surface area (Å²) >= 11 is 0. The fourth-order valence-electron chi connectivity index (χ4n) is 1.71. The quantitative estimate of drug-likeness (QED) is 0.488. The fourth-order valence-corrected chi connectivity index (χ4v) is 1.71. The van der Waals surface area contributed by atoms with Crippen molar-refractivity contribution in [1.29, 1.82) is 0 Å². The monoisotopic (exact) mass is 200 g/mol. The van der Waals surface area contributed by atoms with Gasteiger partial charge in [-0.3, -0.25) is 9.59 Å². The van der Waals surface area contributed by atoms with Gasteiger partial charge in [-0.25, -0.2) is 0 Å². The predicted octanol–water partition coefficient (Wildman–Crippen LogP) is 2.33. The molecular weight excluding hydrogens is 180 g/mol. The van der Waals surface area contributed by atoms with Gasteiger partial charge in [0.15, 0.2) is 0 Å². The maximum atomic E-state index is 11.8. The van der Waals surface area contributed by atoms with E-state index in [4.69, 9.17) is 4.74 Å². The van der Waals surface area contributed by atoms with E-state index in [2.05, 4.69) is 0 Å². The highest BCUT2D eigenvalue weighted by Gasteiger charge is 2.42. The van der Waals surface area contributed by atoms with Gasteiger partial charge in [-0.1, -0.05) is 20.8 Å². The highest BCUT2D eigenvalue weighted by molar-refractivity contribution is 6.03. The zero-order valence-electron chi connectivity index (χ0n) is 9.55. The first-order chi connectivity index (χ1) is 6.58. The van der Waals surface area contributed by atoms with Crippen LogP contribution in [0.4, 0.5) is 0 Å². The van der Waals surface area contributed by atoms with Crippen molar-refractivity contribution in [2.24, 2.45) is 5.41 Å². The number of hydrogen-bond donors (Lipinski definition) is 0. The van der Waals surface area contributed by atoms with Gasteiger partial charge in [0.05, 0.1) is 7.11 Å². The zero-order chi connectivity index (χ0) is 11.2. The summed E-state index contributed by atoms with van der Waals surface area (Å²) in [5, 5.41) is 0. The Hall–Kier alpha value is -0.860. The normalized spacial score (nSPS) is 11.1. The summed E-state index contributed by atoms with van der Waals surface area (Å²) in [7, 11) is 1.33. The van der Waals surface area contributed by atoms with E-state index in [1.54, 1.807) is 0 Å². The van der Waals surface area contributed by atoms with Gasteiger partial charge in [0.1, 0.15) is 11.2 Å².